The van der Waals surface area contributed by atoms with Gasteiger partial charge in [-0.1, -0.05) is 32.9 Å². The first kappa shape index (κ1) is 24.6. The molecule has 0 aliphatic carbocycles. The number of carbonyl (C=O) groups excluding carboxylic acids is 1. The molecule has 0 aliphatic heterocycles. The standard InChI is InChI=1S/C11H16O4.C6H14O3/c1-3-4-8-15-11(14)9(2)6-5-7-10(12)13;1-2-6(3-7,4-8)5-9/h5,7H,2-4,6,8H2,1H3,(H,12,13);7-9H,2-5H2,1H3/b7-5+;. The summed E-state index contributed by atoms with van der Waals surface area (Å²) in [7, 11) is 0. The molecule has 7 heteroatoms. The molecule has 0 aromatic carbocycles. The highest BCUT2D eigenvalue weighted by Gasteiger charge is 2.24. The summed E-state index contributed by atoms with van der Waals surface area (Å²) in [5, 5.41) is 34.3. The number of aliphatic hydroxyl groups is 3. The second kappa shape index (κ2) is 14.9. The van der Waals surface area contributed by atoms with Crippen LogP contribution in [-0.4, -0.2) is 58.8 Å². The van der Waals surface area contributed by atoms with Crippen LogP contribution in [0, 0.1) is 5.41 Å². The summed E-state index contributed by atoms with van der Waals surface area (Å²) in [5.74, 6) is -1.50. The molecule has 0 bridgehead atoms. The second-order valence-corrected chi connectivity index (χ2v) is 5.37. The van der Waals surface area contributed by atoms with Gasteiger partial charge in [-0.2, -0.15) is 0 Å². The summed E-state index contributed by atoms with van der Waals surface area (Å²) >= 11 is 0. The predicted molar refractivity (Wildman–Crippen MR) is 90.4 cm³/mol. The predicted octanol–water partition coefficient (Wildman–Crippen LogP) is 1.28. The van der Waals surface area contributed by atoms with Gasteiger partial charge in [0.25, 0.3) is 0 Å². The van der Waals surface area contributed by atoms with Crippen LogP contribution < -0.4 is 0 Å². The summed E-state index contributed by atoms with van der Waals surface area (Å²) in [5.41, 5.74) is -0.399. The van der Waals surface area contributed by atoms with Gasteiger partial charge in [-0.25, -0.2) is 9.59 Å². The van der Waals surface area contributed by atoms with Crippen molar-refractivity contribution in [2.24, 2.45) is 5.41 Å². The summed E-state index contributed by atoms with van der Waals surface area (Å²) in [6.45, 7) is 7.25. The summed E-state index contributed by atoms with van der Waals surface area (Å²) in [4.78, 5) is 21.3. The van der Waals surface area contributed by atoms with Crippen LogP contribution in [0.3, 0.4) is 0 Å². The van der Waals surface area contributed by atoms with E-state index in [1.807, 2.05) is 13.8 Å². The molecule has 0 aromatic heterocycles. The molecule has 0 radical (unpaired) electrons. The molecule has 0 saturated heterocycles. The van der Waals surface area contributed by atoms with Crippen molar-refractivity contribution in [1.82, 2.24) is 0 Å². The highest BCUT2D eigenvalue weighted by molar-refractivity contribution is 5.88. The minimum atomic E-state index is -1.04. The summed E-state index contributed by atoms with van der Waals surface area (Å²) in [6, 6.07) is 0. The molecule has 7 nitrogen and oxygen atoms in total. The average Bonchev–Trinajstić information content (AvgIpc) is 2.57. The van der Waals surface area contributed by atoms with E-state index in [1.54, 1.807) is 0 Å². The minimum absolute atomic E-state index is 0.156. The van der Waals surface area contributed by atoms with Crippen LogP contribution in [0.5, 0.6) is 0 Å². The van der Waals surface area contributed by atoms with E-state index in [0.717, 1.165) is 18.9 Å². The van der Waals surface area contributed by atoms with Gasteiger partial charge in [0.05, 0.1) is 26.4 Å². The molecule has 0 fully saturated rings. The number of aliphatic hydroxyl groups excluding tert-OH is 3. The molecule has 0 spiro atoms. The Morgan fingerprint density at radius 2 is 1.67 bits per heavy atom. The van der Waals surface area contributed by atoms with E-state index in [0.29, 0.717) is 13.0 Å². The lowest BCUT2D eigenvalue weighted by Gasteiger charge is -2.24. The third-order valence-electron chi connectivity index (χ3n) is 3.40. The first-order valence-electron chi connectivity index (χ1n) is 7.89. The van der Waals surface area contributed by atoms with E-state index in [-0.39, 0.29) is 31.8 Å². The fourth-order valence-electron chi connectivity index (χ4n) is 1.28. The van der Waals surface area contributed by atoms with Crippen molar-refractivity contribution < 1.29 is 34.8 Å². The first-order valence-corrected chi connectivity index (χ1v) is 7.89. The van der Waals surface area contributed by atoms with Gasteiger partial charge in [-0.05, 0) is 19.3 Å². The maximum absolute atomic E-state index is 11.2. The third-order valence-corrected chi connectivity index (χ3v) is 3.40. The van der Waals surface area contributed by atoms with Gasteiger partial charge in [0.1, 0.15) is 0 Å². The SMILES string of the molecule is C=C(C/C=C/C(=O)O)C(=O)OCCCC.CCC(CO)(CO)CO. The normalized spacial score (nSPS) is 10.9. The molecular weight excluding hydrogens is 316 g/mol. The van der Waals surface area contributed by atoms with E-state index >= 15 is 0 Å². The fraction of sp³-hybridized carbons (Fsp3) is 0.647. The number of unbranched alkanes of at least 4 members (excludes halogenated alkanes) is 1. The van der Waals surface area contributed by atoms with Gasteiger partial charge in [0.15, 0.2) is 0 Å². The quantitative estimate of drug-likeness (QED) is 0.252. The number of hydrogen-bond acceptors (Lipinski definition) is 6. The first-order chi connectivity index (χ1) is 11.3. The number of hydrogen-bond donors (Lipinski definition) is 4. The van der Waals surface area contributed by atoms with E-state index in [4.69, 9.17) is 25.2 Å². The number of carboxylic acid groups (broad SMARTS) is 1. The van der Waals surface area contributed by atoms with E-state index in [2.05, 4.69) is 6.58 Å². The van der Waals surface area contributed by atoms with Gasteiger partial charge in [-0.15, -0.1) is 0 Å². The van der Waals surface area contributed by atoms with Crippen LogP contribution in [-0.2, 0) is 14.3 Å². The highest BCUT2D eigenvalue weighted by Crippen LogP contribution is 2.18. The molecule has 24 heavy (non-hydrogen) atoms. The Morgan fingerprint density at radius 1 is 1.12 bits per heavy atom. The molecule has 0 atom stereocenters. The van der Waals surface area contributed by atoms with E-state index < -0.39 is 17.4 Å². The lowest BCUT2D eigenvalue weighted by Crippen LogP contribution is -2.32. The Balaban J connectivity index is 0. The molecule has 0 heterocycles. The number of carbonyl (C=O) groups is 2. The topological polar surface area (TPSA) is 124 Å². The van der Waals surface area contributed by atoms with Crippen molar-refractivity contribution in [3.05, 3.63) is 24.3 Å². The molecule has 0 rings (SSSR count). The number of allylic oxidation sites excluding steroid dienone is 1. The molecule has 0 aromatic rings. The summed E-state index contributed by atoms with van der Waals surface area (Å²) < 4.78 is 4.88. The zero-order chi connectivity index (χ0) is 19.0. The van der Waals surface area contributed by atoms with Crippen LogP contribution in [0.4, 0.5) is 0 Å². The van der Waals surface area contributed by atoms with Crippen molar-refractivity contribution in [3.8, 4) is 0 Å². The zero-order valence-electron chi connectivity index (χ0n) is 14.5. The Morgan fingerprint density at radius 3 is 2.00 bits per heavy atom. The Hall–Kier alpha value is -1.70. The number of esters is 1. The van der Waals surface area contributed by atoms with Gasteiger partial charge >= 0.3 is 11.9 Å². The smallest absolute Gasteiger partial charge is 0.333 e. The molecular formula is C17H30O7. The highest BCUT2D eigenvalue weighted by atomic mass is 16.5. The molecule has 0 aliphatic rings. The van der Waals surface area contributed by atoms with Gasteiger partial charge in [-0.3, -0.25) is 0 Å². The van der Waals surface area contributed by atoms with E-state index in [9.17, 15) is 9.59 Å². The van der Waals surface area contributed by atoms with Crippen LogP contribution in [0.15, 0.2) is 24.3 Å². The van der Waals surface area contributed by atoms with Gasteiger partial charge in [0, 0.05) is 17.1 Å². The third kappa shape index (κ3) is 11.8. The van der Waals surface area contributed by atoms with Gasteiger partial charge in [0.2, 0.25) is 0 Å². The number of aliphatic carboxylic acids is 1. The second-order valence-electron chi connectivity index (χ2n) is 5.37. The van der Waals surface area contributed by atoms with E-state index in [1.165, 1.54) is 6.08 Å². The molecule has 140 valence electrons. The fourth-order valence-corrected chi connectivity index (χ4v) is 1.28. The largest absolute Gasteiger partial charge is 0.478 e. The van der Waals surface area contributed by atoms with Crippen molar-refractivity contribution >= 4 is 11.9 Å². The van der Waals surface area contributed by atoms with Crippen molar-refractivity contribution in [1.29, 1.82) is 0 Å². The lowest BCUT2D eigenvalue weighted by molar-refractivity contribution is -0.139. The molecule has 4 N–H and O–H groups in total. The monoisotopic (exact) mass is 346 g/mol. The van der Waals surface area contributed by atoms with Crippen molar-refractivity contribution in [2.45, 2.75) is 39.5 Å². The Labute approximate surface area is 143 Å². The maximum atomic E-state index is 11.2. The average molecular weight is 346 g/mol. The van der Waals surface area contributed by atoms with Crippen LogP contribution in [0.25, 0.3) is 0 Å². The van der Waals surface area contributed by atoms with Gasteiger partial charge < -0.3 is 25.2 Å². The Bertz CT molecular complexity index is 380. The molecule has 0 amide bonds. The summed E-state index contributed by atoms with van der Waals surface area (Å²) in [6.07, 6.45) is 4.92. The Kier molecular flexibility index (Phi) is 15.2. The zero-order valence-corrected chi connectivity index (χ0v) is 14.5. The number of ether oxygens (including phenoxy) is 1. The van der Waals surface area contributed by atoms with Crippen molar-refractivity contribution in [2.75, 3.05) is 26.4 Å². The minimum Gasteiger partial charge on any atom is -0.478 e. The van der Waals surface area contributed by atoms with Crippen LogP contribution in [0.1, 0.15) is 39.5 Å². The lowest BCUT2D eigenvalue weighted by atomic mass is 9.88. The molecule has 0 unspecified atom stereocenters. The maximum Gasteiger partial charge on any atom is 0.333 e. The number of rotatable bonds is 11. The molecule has 0 saturated carbocycles. The van der Waals surface area contributed by atoms with Crippen LogP contribution >= 0.6 is 0 Å². The van der Waals surface area contributed by atoms with Crippen LogP contribution in [0.2, 0.25) is 0 Å². The number of carboxylic acids is 1. The van der Waals surface area contributed by atoms with Crippen molar-refractivity contribution in [3.63, 3.8) is 0 Å².